The number of aryl methyl sites for hydroxylation is 2. The predicted octanol–water partition coefficient (Wildman–Crippen LogP) is 8.44. The summed E-state index contributed by atoms with van der Waals surface area (Å²) in [5.41, 5.74) is 2.74. The highest BCUT2D eigenvalue weighted by atomic mass is 19.3. The molecule has 1 saturated carbocycles. The van der Waals surface area contributed by atoms with Gasteiger partial charge in [-0.1, -0.05) is 18.1 Å². The SMILES string of the molecule is Cc1cc(-n2nc3c(c2-n2ccn(-c4ccc5nn(C(F)F)cc5c4F)c2=O)[C@@H]2CC[C@H](C3)N2C(=O)c2cc3cc([C@H]4CCOC(C)(C)C4)ccc3n2[C@@]2(c3noc(=O)[nH]3)C[C@@H]2C)cc(C)c1F. The first-order valence-electron chi connectivity index (χ1n) is 22.9. The maximum Gasteiger partial charge on any atom is 0.438 e. The largest absolute Gasteiger partial charge is 0.438 e. The molecule has 12 rings (SSSR count). The van der Waals surface area contributed by atoms with E-state index in [1.807, 2.05) is 22.5 Å². The molecule has 68 heavy (non-hydrogen) atoms. The summed E-state index contributed by atoms with van der Waals surface area (Å²) in [6.45, 7) is 7.17. The second-order valence-corrected chi connectivity index (χ2v) is 19.6. The van der Waals surface area contributed by atoms with Gasteiger partial charge in [0.2, 0.25) is 0 Å². The molecule has 1 amide bonds. The van der Waals surface area contributed by atoms with Crippen molar-refractivity contribution in [2.24, 2.45) is 5.92 Å². The molecule has 8 aromatic rings. The van der Waals surface area contributed by atoms with Gasteiger partial charge in [-0.15, -0.1) is 0 Å². The lowest BCUT2D eigenvalue weighted by molar-refractivity contribution is -0.0592. The van der Waals surface area contributed by atoms with Gasteiger partial charge in [-0.25, -0.2) is 27.7 Å². The molecule has 8 heterocycles. The number of imidazole rings is 1. The molecule has 2 bridgehead atoms. The van der Waals surface area contributed by atoms with Gasteiger partial charge < -0.3 is 14.2 Å². The highest BCUT2D eigenvalue weighted by Crippen LogP contribution is 2.57. The second-order valence-electron chi connectivity index (χ2n) is 19.6. The van der Waals surface area contributed by atoms with Crippen LogP contribution in [0.2, 0.25) is 0 Å². The molecular weight excluding hydrogens is 885 g/mol. The van der Waals surface area contributed by atoms with Gasteiger partial charge in [0.25, 0.3) is 5.91 Å². The van der Waals surface area contributed by atoms with Crippen LogP contribution in [-0.2, 0) is 16.7 Å². The molecule has 0 spiro atoms. The van der Waals surface area contributed by atoms with E-state index in [2.05, 4.69) is 47.3 Å². The molecule has 3 aromatic carbocycles. The minimum absolute atomic E-state index is 0.00648. The van der Waals surface area contributed by atoms with Crippen LogP contribution in [0.15, 0.2) is 81.2 Å². The van der Waals surface area contributed by atoms with Crippen molar-refractivity contribution in [2.75, 3.05) is 6.61 Å². The first kappa shape index (κ1) is 42.3. The van der Waals surface area contributed by atoms with Gasteiger partial charge >= 0.3 is 18.0 Å². The fourth-order valence-corrected chi connectivity index (χ4v) is 11.7. The molecule has 1 N–H and O–H groups in total. The van der Waals surface area contributed by atoms with Gasteiger partial charge in [-0.2, -0.15) is 19.0 Å². The number of hydrogen-bond donors (Lipinski definition) is 1. The van der Waals surface area contributed by atoms with E-state index in [1.165, 1.54) is 29.1 Å². The zero-order valence-corrected chi connectivity index (χ0v) is 37.8. The van der Waals surface area contributed by atoms with Crippen molar-refractivity contribution >= 4 is 27.7 Å². The normalized spacial score (nSPS) is 23.1. The van der Waals surface area contributed by atoms with Crippen molar-refractivity contribution in [1.29, 1.82) is 0 Å². The number of H-pyrrole nitrogens is 1. The quantitative estimate of drug-likeness (QED) is 0.149. The Bertz CT molecular complexity index is 3510. The molecule has 19 heteroatoms. The molecule has 1 aliphatic carbocycles. The lowest BCUT2D eigenvalue weighted by Gasteiger charge is -2.36. The summed E-state index contributed by atoms with van der Waals surface area (Å²) in [6.07, 6.45) is 7.55. The molecule has 3 aliphatic heterocycles. The van der Waals surface area contributed by atoms with Crippen molar-refractivity contribution in [3.8, 4) is 17.2 Å². The number of carbonyl (C=O) groups excluding carboxylic acids is 1. The topological polar surface area (TPSA) is 156 Å². The standard InChI is InChI=1S/C49H46F4N10O5/c1-24-16-31(17-25(2)40(24)50)63-42(59-14-13-58(47(59)66)37-11-8-33-32(41(37)51)23-60(55-33)45(52)53)39-34(56-63)20-30-7-10-36(39)61(30)43(64)38-19-29-18-27(28-12-15-67-48(4,5)22-28)6-9-35(29)62(38)49(21-26(49)3)44-54-46(65)68-57-44/h6,8-9,11,13-14,16-19,23,26,28,30,36,45H,7,10,12,15,20-22H2,1-5H3,(H,54,57,65)/t26-,28-,30+,36-,49-/m0/s1. The van der Waals surface area contributed by atoms with E-state index in [9.17, 15) is 18.4 Å². The Hall–Kier alpha value is -7.02. The van der Waals surface area contributed by atoms with Gasteiger partial charge in [0, 0.05) is 54.1 Å². The summed E-state index contributed by atoms with van der Waals surface area (Å²) in [5, 5.41) is 13.7. The molecule has 0 unspecified atom stereocenters. The van der Waals surface area contributed by atoms with E-state index in [0.29, 0.717) is 82.4 Å². The van der Waals surface area contributed by atoms with Crippen LogP contribution in [0.25, 0.3) is 39.0 Å². The van der Waals surface area contributed by atoms with Crippen LogP contribution in [0, 0.1) is 31.4 Å². The molecule has 3 fully saturated rings. The number of benzene rings is 3. The average Bonchev–Trinajstić information content (AvgIpc) is 4.03. The third-order valence-electron chi connectivity index (χ3n) is 15.0. The van der Waals surface area contributed by atoms with Crippen LogP contribution >= 0.6 is 0 Å². The Morgan fingerprint density at radius 3 is 2.40 bits per heavy atom. The number of halogens is 4. The van der Waals surface area contributed by atoms with E-state index in [0.717, 1.165) is 40.1 Å². The Balaban J connectivity index is 1.01. The lowest BCUT2D eigenvalue weighted by atomic mass is 9.83. The molecule has 2 saturated heterocycles. The Morgan fingerprint density at radius 2 is 1.69 bits per heavy atom. The van der Waals surface area contributed by atoms with Crippen molar-refractivity contribution in [1.82, 2.24) is 48.3 Å². The Kier molecular flexibility index (Phi) is 9.18. The highest BCUT2D eigenvalue weighted by molar-refractivity contribution is 6.00. The maximum atomic E-state index is 16.2. The van der Waals surface area contributed by atoms with E-state index in [4.69, 9.17) is 14.4 Å². The van der Waals surface area contributed by atoms with Crippen molar-refractivity contribution < 1.29 is 31.6 Å². The number of hydrogen-bond acceptors (Lipinski definition) is 8. The third-order valence-corrected chi connectivity index (χ3v) is 15.0. The van der Waals surface area contributed by atoms with Crippen molar-refractivity contribution in [3.05, 3.63) is 139 Å². The first-order chi connectivity index (χ1) is 32.5. The fraction of sp³-hybridized carbons (Fsp3) is 0.388. The van der Waals surface area contributed by atoms with E-state index < -0.39 is 35.4 Å². The number of ether oxygens (including phenoxy) is 1. The summed E-state index contributed by atoms with van der Waals surface area (Å²) in [7, 11) is 0. The average molecular weight is 931 g/mol. The number of nitrogens with zero attached hydrogens (tertiary/aromatic N) is 9. The zero-order valence-electron chi connectivity index (χ0n) is 37.8. The molecule has 0 radical (unpaired) electrons. The van der Waals surface area contributed by atoms with Crippen LogP contribution in [-0.4, -0.2) is 72.5 Å². The van der Waals surface area contributed by atoms with Crippen LogP contribution in [0.5, 0.6) is 0 Å². The van der Waals surface area contributed by atoms with Crippen LogP contribution in [0.4, 0.5) is 17.6 Å². The number of fused-ring (bicyclic) bond motifs is 6. The molecule has 4 aliphatic rings. The number of rotatable bonds is 8. The second kappa shape index (κ2) is 14.7. The third kappa shape index (κ3) is 6.19. The summed E-state index contributed by atoms with van der Waals surface area (Å²) in [4.78, 5) is 47.7. The van der Waals surface area contributed by atoms with Crippen LogP contribution < -0.4 is 11.4 Å². The summed E-state index contributed by atoms with van der Waals surface area (Å²) in [6, 6.07) is 13.3. The van der Waals surface area contributed by atoms with E-state index in [1.54, 1.807) is 30.7 Å². The van der Waals surface area contributed by atoms with E-state index in [-0.39, 0.29) is 51.8 Å². The van der Waals surface area contributed by atoms with Gasteiger partial charge in [-0.05, 0) is 131 Å². The monoisotopic (exact) mass is 930 g/mol. The Morgan fingerprint density at radius 1 is 0.926 bits per heavy atom. The van der Waals surface area contributed by atoms with Crippen LogP contribution in [0.3, 0.4) is 0 Å². The number of alkyl halides is 2. The van der Waals surface area contributed by atoms with Crippen molar-refractivity contribution in [2.45, 2.75) is 109 Å². The number of aromatic nitrogens is 9. The fourth-order valence-electron chi connectivity index (χ4n) is 11.7. The summed E-state index contributed by atoms with van der Waals surface area (Å²) >= 11 is 0. The molecule has 350 valence electrons. The van der Waals surface area contributed by atoms with Gasteiger partial charge in [0.05, 0.1) is 39.6 Å². The predicted molar refractivity (Wildman–Crippen MR) is 240 cm³/mol. The smallest absolute Gasteiger partial charge is 0.376 e. The summed E-state index contributed by atoms with van der Waals surface area (Å²) in [5.74, 6) is -1.41. The minimum Gasteiger partial charge on any atom is -0.376 e. The number of carbonyl (C=O) groups is 1. The minimum atomic E-state index is -3.00. The van der Waals surface area contributed by atoms with Gasteiger partial charge in [-0.3, -0.25) is 23.4 Å². The summed E-state index contributed by atoms with van der Waals surface area (Å²) < 4.78 is 76.0. The van der Waals surface area contributed by atoms with Gasteiger partial charge in [0.1, 0.15) is 22.9 Å². The van der Waals surface area contributed by atoms with E-state index >= 15 is 13.6 Å². The maximum absolute atomic E-state index is 16.2. The first-order valence-corrected chi connectivity index (χ1v) is 22.9. The zero-order chi connectivity index (χ0) is 47.3. The molecule has 15 nitrogen and oxygen atoms in total. The highest BCUT2D eigenvalue weighted by Gasteiger charge is 2.59. The number of nitrogens with one attached hydrogen (secondary N) is 1. The Labute approximate surface area is 384 Å². The number of aromatic amines is 1. The van der Waals surface area contributed by atoms with Crippen molar-refractivity contribution in [3.63, 3.8) is 0 Å². The number of amides is 1. The van der Waals surface area contributed by atoms with Gasteiger partial charge in [0.15, 0.2) is 11.6 Å². The van der Waals surface area contributed by atoms with Crippen LogP contribution in [0.1, 0.15) is 116 Å². The molecular formula is C49H46F4N10O5. The molecule has 5 atom stereocenters. The molecule has 5 aromatic heterocycles. The lowest BCUT2D eigenvalue weighted by Crippen LogP contribution is -2.43.